The highest BCUT2D eigenvalue weighted by atomic mass is 35.5. The van der Waals surface area contributed by atoms with Gasteiger partial charge in [-0.15, -0.1) is 0 Å². The predicted molar refractivity (Wildman–Crippen MR) is 162 cm³/mol. The van der Waals surface area contributed by atoms with E-state index in [0.29, 0.717) is 16.1 Å². The minimum absolute atomic E-state index is 0.195. The maximum Gasteiger partial charge on any atom is 0.410 e. The number of nitrogens with zero attached hydrogens (tertiary/aromatic N) is 4. The van der Waals surface area contributed by atoms with E-state index in [1.54, 1.807) is 43.7 Å². The van der Waals surface area contributed by atoms with Gasteiger partial charge in [0.2, 0.25) is 0 Å². The van der Waals surface area contributed by atoms with Gasteiger partial charge in [-0.3, -0.25) is 4.98 Å². The van der Waals surface area contributed by atoms with Crippen molar-refractivity contribution in [1.29, 1.82) is 0 Å². The van der Waals surface area contributed by atoms with E-state index in [2.05, 4.69) is 4.98 Å². The molecule has 0 fully saturated rings. The third kappa shape index (κ3) is 5.14. The molecule has 0 amide bonds. The first-order chi connectivity index (χ1) is 19.9. The van der Waals surface area contributed by atoms with Crippen LogP contribution < -0.4 is 0 Å². The minimum atomic E-state index is -4.80. The van der Waals surface area contributed by atoms with Gasteiger partial charge in [0.05, 0.1) is 16.0 Å². The van der Waals surface area contributed by atoms with Crippen molar-refractivity contribution in [2.24, 2.45) is 0 Å². The Balaban J connectivity index is 1.95. The molecular formula is C32H30ClF3N4OS. The summed E-state index contributed by atoms with van der Waals surface area (Å²) in [5.41, 5.74) is 0.952. The van der Waals surface area contributed by atoms with Crippen molar-refractivity contribution < 1.29 is 17.4 Å². The number of pyridine rings is 1. The second kappa shape index (κ2) is 11.3. The van der Waals surface area contributed by atoms with Gasteiger partial charge < -0.3 is 0 Å². The molecular weight excluding hydrogens is 581 g/mol. The number of alkyl halides is 3. The normalized spacial score (nSPS) is 14.3. The molecule has 0 bridgehead atoms. The number of hydrogen-bond acceptors (Lipinski definition) is 3. The van der Waals surface area contributed by atoms with Gasteiger partial charge >= 0.3 is 6.18 Å². The number of benzene rings is 3. The Hall–Kier alpha value is -3.53. The molecule has 5 nitrogen and oxygen atoms in total. The SMILES string of the molecule is CN(C(c1nn(C(c2ccccc2)(c2ccccc2)c2ccccc2Cl)c2ccncc12)C(F)(F)F)S(=O)C(C)(C)C. The van der Waals surface area contributed by atoms with Crippen LogP contribution in [0, 0.1) is 0 Å². The Morgan fingerprint density at radius 3 is 1.93 bits per heavy atom. The van der Waals surface area contributed by atoms with Gasteiger partial charge in [-0.2, -0.15) is 18.3 Å². The first-order valence-corrected chi connectivity index (χ1v) is 14.8. The maximum absolute atomic E-state index is 15.0. The van der Waals surface area contributed by atoms with Crippen LogP contribution in [0.2, 0.25) is 5.02 Å². The van der Waals surface area contributed by atoms with Crippen LogP contribution in [0.1, 0.15) is 49.2 Å². The van der Waals surface area contributed by atoms with Crippen LogP contribution in [-0.2, 0) is 16.5 Å². The second-order valence-corrected chi connectivity index (χ2v) is 13.7. The number of fused-ring (bicyclic) bond motifs is 1. The van der Waals surface area contributed by atoms with Crippen molar-refractivity contribution in [1.82, 2.24) is 19.1 Å². The van der Waals surface area contributed by atoms with Gasteiger partial charge in [0.25, 0.3) is 0 Å². The molecule has 0 spiro atoms. The molecule has 0 N–H and O–H groups in total. The summed E-state index contributed by atoms with van der Waals surface area (Å²) < 4.78 is 59.9. The van der Waals surface area contributed by atoms with Crippen LogP contribution in [0.25, 0.3) is 10.9 Å². The lowest BCUT2D eigenvalue weighted by Crippen LogP contribution is -2.43. The zero-order valence-electron chi connectivity index (χ0n) is 23.5. The van der Waals surface area contributed by atoms with Gasteiger partial charge in [-0.25, -0.2) is 13.2 Å². The maximum atomic E-state index is 15.0. The summed E-state index contributed by atoms with van der Waals surface area (Å²) >= 11 is 6.91. The predicted octanol–water partition coefficient (Wildman–Crippen LogP) is 7.92. The fourth-order valence-electron chi connectivity index (χ4n) is 5.45. The van der Waals surface area contributed by atoms with E-state index in [9.17, 15) is 4.21 Å². The summed E-state index contributed by atoms with van der Waals surface area (Å²) in [5.74, 6) is 0. The Kier molecular flexibility index (Phi) is 8.04. The first kappa shape index (κ1) is 29.9. The van der Waals surface area contributed by atoms with E-state index in [1.807, 2.05) is 72.8 Å². The Morgan fingerprint density at radius 2 is 1.40 bits per heavy atom. The summed E-state index contributed by atoms with van der Waals surface area (Å²) in [7, 11) is -0.784. The topological polar surface area (TPSA) is 51.0 Å². The largest absolute Gasteiger partial charge is 0.410 e. The molecule has 2 atom stereocenters. The molecule has 5 rings (SSSR count). The summed E-state index contributed by atoms with van der Waals surface area (Å²) in [6.07, 6.45) is -1.89. The van der Waals surface area contributed by atoms with Crippen LogP contribution in [-0.4, -0.2) is 41.2 Å². The first-order valence-electron chi connectivity index (χ1n) is 13.3. The van der Waals surface area contributed by atoms with E-state index < -0.39 is 33.5 Å². The van der Waals surface area contributed by atoms with Crippen molar-refractivity contribution in [3.63, 3.8) is 0 Å². The highest BCUT2D eigenvalue weighted by Gasteiger charge is 2.51. The highest BCUT2D eigenvalue weighted by molar-refractivity contribution is 7.84. The molecule has 0 saturated heterocycles. The molecule has 42 heavy (non-hydrogen) atoms. The van der Waals surface area contributed by atoms with Crippen molar-refractivity contribution >= 4 is 33.5 Å². The van der Waals surface area contributed by atoms with E-state index >= 15 is 13.2 Å². The lowest BCUT2D eigenvalue weighted by Gasteiger charge is -2.37. The molecule has 0 aliphatic heterocycles. The molecule has 2 unspecified atom stereocenters. The van der Waals surface area contributed by atoms with E-state index in [1.165, 1.54) is 19.4 Å². The molecule has 0 aliphatic carbocycles. The van der Waals surface area contributed by atoms with Crippen molar-refractivity contribution in [2.75, 3.05) is 7.05 Å². The second-order valence-electron chi connectivity index (χ2n) is 11.0. The average Bonchev–Trinajstić information content (AvgIpc) is 3.33. The molecule has 0 saturated carbocycles. The fraction of sp³-hybridized carbons (Fsp3) is 0.250. The molecule has 218 valence electrons. The van der Waals surface area contributed by atoms with Crippen molar-refractivity contribution in [3.05, 3.63) is 131 Å². The van der Waals surface area contributed by atoms with Crippen molar-refractivity contribution in [3.8, 4) is 0 Å². The number of rotatable bonds is 7. The third-order valence-electron chi connectivity index (χ3n) is 7.19. The minimum Gasteiger partial charge on any atom is -0.264 e. The zero-order chi connectivity index (χ0) is 30.3. The van der Waals surface area contributed by atoms with E-state index in [4.69, 9.17) is 16.7 Å². The molecule has 2 heterocycles. The lowest BCUT2D eigenvalue weighted by atomic mass is 9.77. The summed E-state index contributed by atoms with van der Waals surface area (Å²) in [5, 5.41) is 5.42. The van der Waals surface area contributed by atoms with Gasteiger partial charge in [0, 0.05) is 35.4 Å². The molecule has 0 aliphatic rings. The zero-order valence-corrected chi connectivity index (χ0v) is 25.1. The monoisotopic (exact) mass is 610 g/mol. The summed E-state index contributed by atoms with van der Waals surface area (Å²) in [6, 6.07) is 25.5. The third-order valence-corrected chi connectivity index (χ3v) is 9.30. The molecule has 10 heteroatoms. The lowest BCUT2D eigenvalue weighted by molar-refractivity contribution is -0.171. The van der Waals surface area contributed by atoms with Gasteiger partial charge in [-0.05, 0) is 44.0 Å². The van der Waals surface area contributed by atoms with Crippen LogP contribution >= 0.6 is 11.6 Å². The Labute approximate surface area is 250 Å². The fourth-order valence-corrected chi connectivity index (χ4v) is 7.00. The average molecular weight is 611 g/mol. The standard InChI is InChI=1S/C32H30ClF3N4OS/c1-30(2,3)42(41)39(4)29(32(34,35)36)28-24-21-37-20-19-27(24)40(38-28)31(22-13-7-5-8-14-22,23-15-9-6-10-16-23)25-17-11-12-18-26(25)33/h5-21,29H,1-4H3. The number of hydrogen-bond donors (Lipinski definition) is 0. The smallest absolute Gasteiger partial charge is 0.264 e. The Bertz CT molecular complexity index is 1680. The Morgan fingerprint density at radius 1 is 0.857 bits per heavy atom. The van der Waals surface area contributed by atoms with Crippen LogP contribution in [0.15, 0.2) is 103 Å². The van der Waals surface area contributed by atoms with Gasteiger partial charge in [0.15, 0.2) is 6.04 Å². The van der Waals surface area contributed by atoms with Crippen LogP contribution in [0.3, 0.4) is 0 Å². The summed E-state index contributed by atoms with van der Waals surface area (Å²) in [4.78, 5) is 4.18. The van der Waals surface area contributed by atoms with Crippen LogP contribution in [0.5, 0.6) is 0 Å². The van der Waals surface area contributed by atoms with Gasteiger partial charge in [-0.1, -0.05) is 90.5 Å². The molecule has 3 aromatic carbocycles. The molecule has 5 aromatic rings. The molecule has 0 radical (unpaired) electrons. The molecule has 2 aromatic heterocycles. The van der Waals surface area contributed by atoms with E-state index in [0.717, 1.165) is 15.4 Å². The highest BCUT2D eigenvalue weighted by Crippen LogP contribution is 2.47. The van der Waals surface area contributed by atoms with Gasteiger partial charge in [0.1, 0.15) is 16.5 Å². The summed E-state index contributed by atoms with van der Waals surface area (Å²) in [6.45, 7) is 4.91. The quantitative estimate of drug-likeness (QED) is 0.176. The van der Waals surface area contributed by atoms with Crippen LogP contribution in [0.4, 0.5) is 13.2 Å². The number of halogens is 4. The van der Waals surface area contributed by atoms with Crippen molar-refractivity contribution in [2.45, 2.75) is 43.3 Å². The van der Waals surface area contributed by atoms with E-state index in [-0.39, 0.29) is 11.1 Å². The number of aromatic nitrogens is 3.